The molecular formula is C14H25N3S. The second kappa shape index (κ2) is 6.02. The van der Waals surface area contributed by atoms with E-state index < -0.39 is 0 Å². The summed E-state index contributed by atoms with van der Waals surface area (Å²) in [5.74, 6) is 0. The Kier molecular flexibility index (Phi) is 5.17. The minimum atomic E-state index is 0.140. The summed E-state index contributed by atoms with van der Waals surface area (Å²) in [6.45, 7) is 12.8. The Morgan fingerprint density at radius 2 is 1.72 bits per heavy atom. The third-order valence-electron chi connectivity index (χ3n) is 2.91. The van der Waals surface area contributed by atoms with Crippen molar-refractivity contribution >= 4 is 11.8 Å². The van der Waals surface area contributed by atoms with E-state index >= 15 is 0 Å². The molecule has 0 aliphatic heterocycles. The number of nitrogens with two attached hydrogens (primary N) is 1. The molecule has 1 aromatic heterocycles. The highest BCUT2D eigenvalue weighted by molar-refractivity contribution is 7.99. The molecule has 0 fully saturated rings. The van der Waals surface area contributed by atoms with Crippen LogP contribution in [0.15, 0.2) is 11.2 Å². The van der Waals surface area contributed by atoms with Crippen molar-refractivity contribution in [2.24, 2.45) is 11.1 Å². The van der Waals surface area contributed by atoms with Crippen LogP contribution < -0.4 is 5.73 Å². The van der Waals surface area contributed by atoms with Crippen LogP contribution in [0.1, 0.15) is 45.5 Å². The van der Waals surface area contributed by atoms with Crippen molar-refractivity contribution < 1.29 is 0 Å². The van der Waals surface area contributed by atoms with Gasteiger partial charge in [-0.1, -0.05) is 39.5 Å². The van der Waals surface area contributed by atoms with Crippen molar-refractivity contribution in [1.29, 1.82) is 0 Å². The third kappa shape index (κ3) is 4.25. The molecule has 0 amide bonds. The van der Waals surface area contributed by atoms with Gasteiger partial charge in [-0.25, -0.2) is 9.97 Å². The van der Waals surface area contributed by atoms with Crippen molar-refractivity contribution in [2.45, 2.75) is 64.4 Å². The molecule has 0 saturated carbocycles. The zero-order chi connectivity index (χ0) is 13.9. The van der Waals surface area contributed by atoms with Crippen LogP contribution in [0.3, 0.4) is 0 Å². The molecule has 1 heterocycles. The van der Waals surface area contributed by atoms with Gasteiger partial charge in [-0.05, 0) is 31.7 Å². The smallest absolute Gasteiger partial charge is 0.188 e. The van der Waals surface area contributed by atoms with Crippen LogP contribution in [0, 0.1) is 19.3 Å². The maximum atomic E-state index is 6.25. The Morgan fingerprint density at radius 1 is 1.22 bits per heavy atom. The largest absolute Gasteiger partial charge is 0.327 e. The van der Waals surface area contributed by atoms with Crippen LogP contribution in [0.25, 0.3) is 0 Å². The van der Waals surface area contributed by atoms with E-state index in [2.05, 4.69) is 37.7 Å². The maximum absolute atomic E-state index is 6.25. The van der Waals surface area contributed by atoms with Crippen molar-refractivity contribution in [3.05, 3.63) is 17.5 Å². The lowest BCUT2D eigenvalue weighted by molar-refractivity contribution is 0.349. The highest BCUT2D eigenvalue weighted by atomic mass is 32.2. The van der Waals surface area contributed by atoms with E-state index in [9.17, 15) is 0 Å². The summed E-state index contributed by atoms with van der Waals surface area (Å²) in [6.07, 6.45) is 0.972. The predicted octanol–water partition coefficient (Wildman–Crippen LogP) is 3.34. The lowest BCUT2D eigenvalue weighted by Crippen LogP contribution is -2.40. The van der Waals surface area contributed by atoms with Crippen LogP contribution >= 0.6 is 11.8 Å². The van der Waals surface area contributed by atoms with Gasteiger partial charge in [0.05, 0.1) is 0 Å². The molecule has 18 heavy (non-hydrogen) atoms. The summed E-state index contributed by atoms with van der Waals surface area (Å²) in [6, 6.07) is 2.16. The second-order valence-electron chi connectivity index (χ2n) is 5.91. The molecule has 102 valence electrons. The van der Waals surface area contributed by atoms with Gasteiger partial charge in [0.15, 0.2) is 5.16 Å². The molecule has 0 aliphatic rings. The fraction of sp³-hybridized carbons (Fsp3) is 0.714. The van der Waals surface area contributed by atoms with Gasteiger partial charge >= 0.3 is 0 Å². The zero-order valence-electron chi connectivity index (χ0n) is 12.3. The molecule has 1 rings (SSSR count). The average molecular weight is 267 g/mol. The van der Waals surface area contributed by atoms with Gasteiger partial charge in [-0.2, -0.15) is 0 Å². The summed E-state index contributed by atoms with van der Waals surface area (Å²) in [5, 5.41) is 1.17. The fourth-order valence-electron chi connectivity index (χ4n) is 1.98. The highest BCUT2D eigenvalue weighted by Crippen LogP contribution is 2.36. The van der Waals surface area contributed by atoms with E-state index in [4.69, 9.17) is 5.73 Å². The minimum absolute atomic E-state index is 0.140. The van der Waals surface area contributed by atoms with Crippen molar-refractivity contribution in [3.8, 4) is 0 Å². The Bertz CT molecular complexity index is 378. The number of hydrogen-bond donors (Lipinski definition) is 1. The summed E-state index contributed by atoms with van der Waals surface area (Å²) >= 11 is 1.71. The quantitative estimate of drug-likeness (QED) is 0.671. The van der Waals surface area contributed by atoms with Crippen molar-refractivity contribution in [1.82, 2.24) is 9.97 Å². The molecule has 0 spiro atoms. The van der Waals surface area contributed by atoms with E-state index in [0.29, 0.717) is 5.25 Å². The number of hydrogen-bond acceptors (Lipinski definition) is 4. The van der Waals surface area contributed by atoms with Gasteiger partial charge < -0.3 is 5.73 Å². The molecule has 0 radical (unpaired) electrons. The molecule has 3 nitrogen and oxygen atoms in total. The lowest BCUT2D eigenvalue weighted by atomic mass is 9.87. The first-order valence-electron chi connectivity index (χ1n) is 6.48. The maximum Gasteiger partial charge on any atom is 0.188 e. The molecule has 1 aromatic rings. The van der Waals surface area contributed by atoms with Crippen molar-refractivity contribution in [3.63, 3.8) is 0 Å². The monoisotopic (exact) mass is 267 g/mol. The Balaban J connectivity index is 2.96. The summed E-state index contributed by atoms with van der Waals surface area (Å²) in [7, 11) is 0. The van der Waals surface area contributed by atoms with Crippen LogP contribution in [0.5, 0.6) is 0 Å². The number of thioether (sulfide) groups is 1. The molecule has 0 bridgehead atoms. The van der Waals surface area contributed by atoms with Gasteiger partial charge in [0, 0.05) is 22.7 Å². The molecule has 2 N–H and O–H groups in total. The van der Waals surface area contributed by atoms with E-state index in [1.807, 2.05) is 19.9 Å². The third-order valence-corrected chi connectivity index (χ3v) is 4.61. The summed E-state index contributed by atoms with van der Waals surface area (Å²) in [5.41, 5.74) is 8.42. The molecule has 0 saturated heterocycles. The van der Waals surface area contributed by atoms with Crippen LogP contribution in [-0.4, -0.2) is 21.3 Å². The molecule has 0 aliphatic carbocycles. The Morgan fingerprint density at radius 3 is 2.11 bits per heavy atom. The predicted molar refractivity (Wildman–Crippen MR) is 78.9 cm³/mol. The van der Waals surface area contributed by atoms with E-state index in [0.717, 1.165) is 23.0 Å². The lowest BCUT2D eigenvalue weighted by Gasteiger charge is -2.33. The highest BCUT2D eigenvalue weighted by Gasteiger charge is 2.31. The first-order chi connectivity index (χ1) is 8.24. The van der Waals surface area contributed by atoms with Gasteiger partial charge in [0.2, 0.25) is 0 Å². The standard InChI is InChI=1S/C14H25N3S/c1-7-11(15)12(14(4,5)6)18-13-16-9(2)8-10(3)17-13/h8,11-12H,7,15H2,1-6H3. The van der Waals surface area contributed by atoms with Crippen LogP contribution in [0.2, 0.25) is 0 Å². The fourth-order valence-corrected chi connectivity index (χ4v) is 3.32. The zero-order valence-corrected chi connectivity index (χ0v) is 13.1. The molecule has 2 unspecified atom stereocenters. The van der Waals surface area contributed by atoms with Crippen molar-refractivity contribution in [2.75, 3.05) is 0 Å². The minimum Gasteiger partial charge on any atom is -0.327 e. The molecule has 4 heteroatoms. The van der Waals surface area contributed by atoms with Gasteiger partial charge in [0.1, 0.15) is 0 Å². The number of aryl methyl sites for hydroxylation is 2. The number of aromatic nitrogens is 2. The Labute approximate surface area is 115 Å². The molecule has 0 aromatic carbocycles. The van der Waals surface area contributed by atoms with E-state index in [-0.39, 0.29) is 11.5 Å². The van der Waals surface area contributed by atoms with Gasteiger partial charge in [0.25, 0.3) is 0 Å². The average Bonchev–Trinajstić information content (AvgIpc) is 2.22. The van der Waals surface area contributed by atoms with Gasteiger partial charge in [-0.3, -0.25) is 0 Å². The summed E-state index contributed by atoms with van der Waals surface area (Å²) in [4.78, 5) is 9.00. The SMILES string of the molecule is CCC(N)C(Sc1nc(C)cc(C)n1)C(C)(C)C. The number of nitrogens with zero attached hydrogens (tertiary/aromatic N) is 2. The topological polar surface area (TPSA) is 51.8 Å². The molecular weight excluding hydrogens is 242 g/mol. The summed E-state index contributed by atoms with van der Waals surface area (Å²) < 4.78 is 0. The van der Waals surface area contributed by atoms with Gasteiger partial charge in [-0.15, -0.1) is 0 Å². The first kappa shape index (κ1) is 15.4. The first-order valence-corrected chi connectivity index (χ1v) is 7.36. The van der Waals surface area contributed by atoms with E-state index in [1.165, 1.54) is 0 Å². The Hall–Kier alpha value is -0.610. The van der Waals surface area contributed by atoms with Crippen LogP contribution in [-0.2, 0) is 0 Å². The second-order valence-corrected chi connectivity index (χ2v) is 7.02. The van der Waals surface area contributed by atoms with E-state index in [1.54, 1.807) is 11.8 Å². The van der Waals surface area contributed by atoms with Crippen LogP contribution in [0.4, 0.5) is 0 Å². The molecule has 2 atom stereocenters. The normalized spacial score (nSPS) is 15.5. The number of rotatable bonds is 4.